The molecule has 2 unspecified atom stereocenters. The number of thiazole rings is 1. The molecule has 28 heavy (non-hydrogen) atoms. The van der Waals surface area contributed by atoms with Crippen molar-refractivity contribution in [1.29, 1.82) is 0 Å². The lowest BCUT2D eigenvalue weighted by Gasteiger charge is -2.20. The monoisotopic (exact) mass is 399 g/mol. The molecule has 0 bridgehead atoms. The van der Waals surface area contributed by atoms with E-state index in [0.717, 1.165) is 73.3 Å². The van der Waals surface area contributed by atoms with Crippen LogP contribution in [0.25, 0.3) is 10.6 Å². The zero-order valence-corrected chi connectivity index (χ0v) is 17.3. The minimum atomic E-state index is 0.222. The van der Waals surface area contributed by atoms with Gasteiger partial charge in [-0.05, 0) is 69.8 Å². The van der Waals surface area contributed by atoms with E-state index >= 15 is 0 Å². The maximum absolute atomic E-state index is 10.7. The Labute approximate surface area is 171 Å². The maximum atomic E-state index is 10.7. The van der Waals surface area contributed by atoms with Gasteiger partial charge in [0.15, 0.2) is 0 Å². The summed E-state index contributed by atoms with van der Waals surface area (Å²) >= 11 is 1.78. The molecule has 2 atom stereocenters. The molecule has 1 amide bonds. The molecule has 2 aromatic rings. The molecular formula is C22H29N3O2S. The number of nitrogens with one attached hydrogen (secondary N) is 1. The molecule has 1 aliphatic heterocycles. The van der Waals surface area contributed by atoms with Crippen molar-refractivity contribution < 1.29 is 9.53 Å². The molecule has 150 valence electrons. The summed E-state index contributed by atoms with van der Waals surface area (Å²) in [6.45, 7) is 5.45. The van der Waals surface area contributed by atoms with E-state index in [2.05, 4.69) is 29.3 Å². The third-order valence-corrected chi connectivity index (χ3v) is 7.10. The smallest absolute Gasteiger partial charge is 0.207 e. The fourth-order valence-corrected chi connectivity index (χ4v) is 5.33. The van der Waals surface area contributed by atoms with Gasteiger partial charge < -0.3 is 15.0 Å². The number of aryl methyl sites for hydroxylation is 1. The number of likely N-dealkylation sites (tertiary alicyclic amines) is 1. The Hall–Kier alpha value is -1.92. The molecule has 1 fully saturated rings. The first-order valence-corrected chi connectivity index (χ1v) is 11.2. The molecule has 1 aliphatic carbocycles. The zero-order valence-electron chi connectivity index (χ0n) is 16.5. The molecule has 1 aromatic carbocycles. The van der Waals surface area contributed by atoms with Crippen LogP contribution in [0.15, 0.2) is 24.3 Å². The SMILES string of the molecule is CC1CCCN1CCCOc1ccc(-c2nc3c(s2)CCC(NC=O)C3)cc1. The van der Waals surface area contributed by atoms with Gasteiger partial charge in [-0.1, -0.05) is 0 Å². The van der Waals surface area contributed by atoms with Crippen LogP contribution in [-0.2, 0) is 17.6 Å². The van der Waals surface area contributed by atoms with Crippen molar-refractivity contribution in [2.24, 2.45) is 0 Å². The van der Waals surface area contributed by atoms with Crippen LogP contribution in [-0.4, -0.2) is 48.1 Å². The van der Waals surface area contributed by atoms with Crippen molar-refractivity contribution in [3.63, 3.8) is 0 Å². The van der Waals surface area contributed by atoms with Crippen LogP contribution in [0.1, 0.15) is 43.2 Å². The number of aromatic nitrogens is 1. The van der Waals surface area contributed by atoms with E-state index in [1.165, 1.54) is 24.3 Å². The van der Waals surface area contributed by atoms with E-state index < -0.39 is 0 Å². The Bertz CT molecular complexity index is 790. The third kappa shape index (κ3) is 4.55. The second kappa shape index (κ2) is 9.05. The standard InChI is InChI=1S/C22H29N3O2S/c1-16-4-2-11-25(16)12-3-13-27-19-8-5-17(6-9-19)22-24-20-14-18(23-15-26)7-10-21(20)28-22/h5-6,8-9,15-16,18H,2-4,7,10-14H2,1H3,(H,23,26). The van der Waals surface area contributed by atoms with Gasteiger partial charge in [0.2, 0.25) is 6.41 Å². The summed E-state index contributed by atoms with van der Waals surface area (Å²) in [5.41, 5.74) is 2.28. The predicted molar refractivity (Wildman–Crippen MR) is 113 cm³/mol. The van der Waals surface area contributed by atoms with Gasteiger partial charge in [-0.2, -0.15) is 0 Å². The van der Waals surface area contributed by atoms with Crippen molar-refractivity contribution in [3.05, 3.63) is 34.8 Å². The molecule has 5 nitrogen and oxygen atoms in total. The Kier molecular flexibility index (Phi) is 6.27. The number of carbonyl (C=O) groups is 1. The summed E-state index contributed by atoms with van der Waals surface area (Å²) in [6, 6.07) is 9.25. The highest BCUT2D eigenvalue weighted by atomic mass is 32.1. The van der Waals surface area contributed by atoms with Crippen LogP contribution in [0, 0.1) is 0 Å². The number of amides is 1. The number of benzene rings is 1. The molecule has 0 saturated carbocycles. The number of carbonyl (C=O) groups excluding carboxylic acids is 1. The number of fused-ring (bicyclic) bond motifs is 1. The zero-order chi connectivity index (χ0) is 19.3. The molecule has 0 radical (unpaired) electrons. The molecule has 2 heterocycles. The Morgan fingerprint density at radius 2 is 2.18 bits per heavy atom. The second-order valence-corrected chi connectivity index (χ2v) is 8.95. The van der Waals surface area contributed by atoms with E-state index in [9.17, 15) is 4.79 Å². The molecular weight excluding hydrogens is 370 g/mol. The van der Waals surface area contributed by atoms with Crippen LogP contribution in [0.5, 0.6) is 5.75 Å². The highest BCUT2D eigenvalue weighted by Gasteiger charge is 2.22. The van der Waals surface area contributed by atoms with Gasteiger partial charge in [0.25, 0.3) is 0 Å². The van der Waals surface area contributed by atoms with Crippen molar-refractivity contribution in [3.8, 4) is 16.3 Å². The third-order valence-electron chi connectivity index (χ3n) is 5.89. The van der Waals surface area contributed by atoms with Crippen molar-refractivity contribution in [1.82, 2.24) is 15.2 Å². The van der Waals surface area contributed by atoms with Crippen molar-refractivity contribution in [2.75, 3.05) is 19.7 Å². The van der Waals surface area contributed by atoms with Gasteiger partial charge >= 0.3 is 0 Å². The van der Waals surface area contributed by atoms with E-state index in [1.807, 2.05) is 12.1 Å². The van der Waals surface area contributed by atoms with Crippen LogP contribution < -0.4 is 10.1 Å². The average Bonchev–Trinajstić information content (AvgIpc) is 3.31. The lowest BCUT2D eigenvalue weighted by Crippen LogP contribution is -2.33. The molecule has 1 aromatic heterocycles. The minimum Gasteiger partial charge on any atom is -0.494 e. The van der Waals surface area contributed by atoms with Crippen LogP contribution in [0.3, 0.4) is 0 Å². The fraction of sp³-hybridized carbons (Fsp3) is 0.545. The summed E-state index contributed by atoms with van der Waals surface area (Å²) in [6.07, 6.45) is 7.36. The highest BCUT2D eigenvalue weighted by molar-refractivity contribution is 7.15. The normalized spacial score (nSPS) is 22.0. The van der Waals surface area contributed by atoms with Crippen LogP contribution in [0.2, 0.25) is 0 Å². The van der Waals surface area contributed by atoms with Gasteiger partial charge in [0.1, 0.15) is 10.8 Å². The summed E-state index contributed by atoms with van der Waals surface area (Å²) in [7, 11) is 0. The minimum absolute atomic E-state index is 0.222. The topological polar surface area (TPSA) is 54.5 Å². The molecule has 1 N–H and O–H groups in total. The molecule has 1 saturated heterocycles. The summed E-state index contributed by atoms with van der Waals surface area (Å²) in [5, 5.41) is 3.95. The van der Waals surface area contributed by atoms with Gasteiger partial charge in [-0.3, -0.25) is 4.79 Å². The van der Waals surface area contributed by atoms with Gasteiger partial charge in [0, 0.05) is 35.5 Å². The van der Waals surface area contributed by atoms with Crippen LogP contribution >= 0.6 is 11.3 Å². The molecule has 2 aliphatic rings. The maximum Gasteiger partial charge on any atom is 0.207 e. The number of ether oxygens (including phenoxy) is 1. The van der Waals surface area contributed by atoms with Gasteiger partial charge in [-0.15, -0.1) is 11.3 Å². The number of nitrogens with zero attached hydrogens (tertiary/aromatic N) is 2. The Balaban J connectivity index is 1.29. The van der Waals surface area contributed by atoms with Crippen LogP contribution in [0.4, 0.5) is 0 Å². The quantitative estimate of drug-likeness (QED) is 0.544. The summed E-state index contributed by atoms with van der Waals surface area (Å²) < 4.78 is 5.93. The van der Waals surface area contributed by atoms with Crippen molar-refractivity contribution in [2.45, 2.75) is 57.5 Å². The average molecular weight is 400 g/mol. The van der Waals surface area contributed by atoms with E-state index in [1.54, 1.807) is 11.3 Å². The Morgan fingerprint density at radius 1 is 1.32 bits per heavy atom. The van der Waals surface area contributed by atoms with Gasteiger partial charge in [-0.25, -0.2) is 4.98 Å². The first kappa shape index (κ1) is 19.4. The lowest BCUT2D eigenvalue weighted by molar-refractivity contribution is -0.110. The predicted octanol–water partition coefficient (Wildman–Crippen LogP) is 3.67. The van der Waals surface area contributed by atoms with Crippen molar-refractivity contribution >= 4 is 17.7 Å². The molecule has 4 rings (SSSR count). The second-order valence-electron chi connectivity index (χ2n) is 7.87. The number of hydrogen-bond donors (Lipinski definition) is 1. The van der Waals surface area contributed by atoms with Gasteiger partial charge in [0.05, 0.1) is 12.3 Å². The molecule has 6 heteroatoms. The number of rotatable bonds is 8. The molecule has 0 spiro atoms. The highest BCUT2D eigenvalue weighted by Crippen LogP contribution is 2.33. The van der Waals surface area contributed by atoms with E-state index in [0.29, 0.717) is 0 Å². The van der Waals surface area contributed by atoms with E-state index in [-0.39, 0.29) is 6.04 Å². The fourth-order valence-electron chi connectivity index (χ4n) is 4.22. The first-order valence-electron chi connectivity index (χ1n) is 10.4. The lowest BCUT2D eigenvalue weighted by atomic mass is 9.98. The largest absolute Gasteiger partial charge is 0.494 e. The summed E-state index contributed by atoms with van der Waals surface area (Å²) in [5.74, 6) is 0.926. The number of hydrogen-bond acceptors (Lipinski definition) is 5. The van der Waals surface area contributed by atoms with E-state index in [4.69, 9.17) is 9.72 Å². The Morgan fingerprint density at radius 3 is 2.93 bits per heavy atom. The first-order chi connectivity index (χ1) is 13.7. The summed E-state index contributed by atoms with van der Waals surface area (Å²) in [4.78, 5) is 19.4.